The third kappa shape index (κ3) is 3.80. The van der Waals surface area contributed by atoms with Gasteiger partial charge in [-0.15, -0.1) is 10.2 Å². The lowest BCUT2D eigenvalue weighted by atomic mass is 10.2. The Bertz CT molecular complexity index is 904. The van der Waals surface area contributed by atoms with E-state index >= 15 is 0 Å². The van der Waals surface area contributed by atoms with Gasteiger partial charge in [-0.25, -0.2) is 4.39 Å². The van der Waals surface area contributed by atoms with E-state index < -0.39 is 5.25 Å². The van der Waals surface area contributed by atoms with Crippen molar-refractivity contribution in [2.75, 3.05) is 5.32 Å². The zero-order chi connectivity index (χ0) is 18.7. The first-order chi connectivity index (χ1) is 12.5. The Morgan fingerprint density at radius 2 is 2.04 bits per heavy atom. The number of furan rings is 1. The summed E-state index contributed by atoms with van der Waals surface area (Å²) in [5.41, 5.74) is 1.44. The summed E-state index contributed by atoms with van der Waals surface area (Å²) in [4.78, 5) is 12.4. The second-order valence-corrected chi connectivity index (χ2v) is 7.01. The smallest absolute Gasteiger partial charge is 0.237 e. The molecule has 2 heterocycles. The fraction of sp³-hybridized carbons (Fsp3) is 0.278. The highest BCUT2D eigenvalue weighted by Gasteiger charge is 2.21. The van der Waals surface area contributed by atoms with E-state index in [1.54, 1.807) is 13.2 Å². The summed E-state index contributed by atoms with van der Waals surface area (Å²) in [7, 11) is 0. The van der Waals surface area contributed by atoms with Crippen LogP contribution in [0.25, 0.3) is 11.4 Å². The summed E-state index contributed by atoms with van der Waals surface area (Å²) in [5.74, 6) is 0.954. The molecule has 0 aliphatic rings. The monoisotopic (exact) mass is 374 g/mol. The largest absolute Gasteiger partial charge is 0.469 e. The summed E-state index contributed by atoms with van der Waals surface area (Å²) in [6.45, 7) is 6.33. The molecule has 0 saturated heterocycles. The number of aryl methyl sites for hydroxylation is 1. The van der Waals surface area contributed by atoms with Crippen LogP contribution in [-0.2, 0) is 11.3 Å². The SMILES string of the molecule is CCn1c(S[C@H](C)C(=O)Nc2ccc(F)cc2)nnc1-c1ccoc1C. The van der Waals surface area contributed by atoms with E-state index in [1.165, 1.54) is 36.0 Å². The highest BCUT2D eigenvalue weighted by molar-refractivity contribution is 8.00. The summed E-state index contributed by atoms with van der Waals surface area (Å²) < 4.78 is 20.3. The van der Waals surface area contributed by atoms with Crippen LogP contribution in [0.2, 0.25) is 0 Å². The molecule has 0 aliphatic heterocycles. The molecule has 0 spiro atoms. The van der Waals surface area contributed by atoms with Gasteiger partial charge in [0.1, 0.15) is 11.6 Å². The maximum Gasteiger partial charge on any atom is 0.237 e. The number of nitrogens with one attached hydrogen (secondary N) is 1. The van der Waals surface area contributed by atoms with Crippen molar-refractivity contribution in [2.45, 2.75) is 37.7 Å². The summed E-state index contributed by atoms with van der Waals surface area (Å²) in [6.07, 6.45) is 1.62. The van der Waals surface area contributed by atoms with E-state index in [0.717, 1.165) is 11.3 Å². The third-order valence-corrected chi connectivity index (χ3v) is 4.98. The molecule has 1 N–H and O–H groups in total. The molecule has 6 nitrogen and oxygen atoms in total. The molecular weight excluding hydrogens is 355 g/mol. The molecule has 26 heavy (non-hydrogen) atoms. The van der Waals surface area contributed by atoms with E-state index in [9.17, 15) is 9.18 Å². The number of thioether (sulfide) groups is 1. The zero-order valence-corrected chi connectivity index (χ0v) is 15.5. The summed E-state index contributed by atoms with van der Waals surface area (Å²) in [6, 6.07) is 7.52. The molecule has 2 aromatic heterocycles. The van der Waals surface area contributed by atoms with Gasteiger partial charge in [-0.05, 0) is 51.1 Å². The van der Waals surface area contributed by atoms with Gasteiger partial charge in [0.2, 0.25) is 5.91 Å². The highest BCUT2D eigenvalue weighted by Crippen LogP contribution is 2.29. The number of hydrogen-bond acceptors (Lipinski definition) is 5. The van der Waals surface area contributed by atoms with Crippen LogP contribution in [0.1, 0.15) is 19.6 Å². The highest BCUT2D eigenvalue weighted by atomic mass is 32.2. The van der Waals surface area contributed by atoms with E-state index in [2.05, 4.69) is 15.5 Å². The van der Waals surface area contributed by atoms with Crippen molar-refractivity contribution in [3.63, 3.8) is 0 Å². The number of anilines is 1. The van der Waals surface area contributed by atoms with E-state index in [-0.39, 0.29) is 11.7 Å². The number of halogens is 1. The predicted molar refractivity (Wildman–Crippen MR) is 98.5 cm³/mol. The Balaban J connectivity index is 1.74. The molecule has 0 saturated carbocycles. The normalized spacial score (nSPS) is 12.2. The van der Waals surface area contributed by atoms with E-state index in [1.807, 2.05) is 24.5 Å². The molecule has 0 unspecified atom stereocenters. The van der Waals surface area contributed by atoms with Gasteiger partial charge in [0.15, 0.2) is 11.0 Å². The molecule has 0 bridgehead atoms. The van der Waals surface area contributed by atoms with Gasteiger partial charge >= 0.3 is 0 Å². The van der Waals surface area contributed by atoms with Gasteiger partial charge in [0.05, 0.1) is 17.1 Å². The molecule has 3 aromatic rings. The van der Waals surface area contributed by atoms with Crippen LogP contribution in [0.4, 0.5) is 10.1 Å². The first kappa shape index (κ1) is 18.2. The first-order valence-electron chi connectivity index (χ1n) is 8.20. The lowest BCUT2D eigenvalue weighted by Crippen LogP contribution is -2.23. The number of nitrogens with zero attached hydrogens (tertiary/aromatic N) is 3. The molecule has 1 amide bonds. The molecule has 136 valence electrons. The Labute approximate surface area is 154 Å². The molecule has 8 heteroatoms. The Morgan fingerprint density at radius 3 is 2.65 bits per heavy atom. The molecule has 0 fully saturated rings. The van der Waals surface area contributed by atoms with Gasteiger partial charge in [0, 0.05) is 12.2 Å². The maximum atomic E-state index is 13.0. The van der Waals surface area contributed by atoms with Crippen LogP contribution >= 0.6 is 11.8 Å². The molecular formula is C18H19FN4O2S. The Morgan fingerprint density at radius 1 is 1.31 bits per heavy atom. The van der Waals surface area contributed by atoms with Crippen LogP contribution in [0.15, 0.2) is 46.2 Å². The third-order valence-electron chi connectivity index (χ3n) is 3.90. The lowest BCUT2D eigenvalue weighted by molar-refractivity contribution is -0.115. The second kappa shape index (κ2) is 7.74. The number of carbonyl (C=O) groups excluding carboxylic acids is 1. The quantitative estimate of drug-likeness (QED) is 0.657. The van der Waals surface area contributed by atoms with Crippen molar-refractivity contribution in [1.29, 1.82) is 0 Å². The zero-order valence-electron chi connectivity index (χ0n) is 14.7. The minimum atomic E-state index is -0.396. The number of aromatic nitrogens is 3. The van der Waals surface area contributed by atoms with Crippen molar-refractivity contribution in [3.8, 4) is 11.4 Å². The van der Waals surface area contributed by atoms with E-state index in [4.69, 9.17) is 4.42 Å². The molecule has 1 atom stereocenters. The van der Waals surface area contributed by atoms with Crippen LogP contribution in [0.3, 0.4) is 0 Å². The Kier molecular flexibility index (Phi) is 5.41. The van der Waals surface area contributed by atoms with Crippen LogP contribution < -0.4 is 5.32 Å². The Hall–Kier alpha value is -2.61. The maximum absolute atomic E-state index is 13.0. The van der Waals surface area contributed by atoms with Gasteiger partial charge in [-0.3, -0.25) is 4.79 Å². The van der Waals surface area contributed by atoms with Crippen molar-refractivity contribution in [2.24, 2.45) is 0 Å². The van der Waals surface area contributed by atoms with Gasteiger partial charge < -0.3 is 14.3 Å². The number of amides is 1. The number of carbonyl (C=O) groups is 1. The van der Waals surface area contributed by atoms with Crippen LogP contribution in [0.5, 0.6) is 0 Å². The minimum Gasteiger partial charge on any atom is -0.469 e. The minimum absolute atomic E-state index is 0.187. The molecule has 1 aromatic carbocycles. The fourth-order valence-corrected chi connectivity index (χ4v) is 3.38. The average Bonchev–Trinajstić information content (AvgIpc) is 3.22. The lowest BCUT2D eigenvalue weighted by Gasteiger charge is -2.12. The standard InChI is InChI=1S/C18H19FN4O2S/c1-4-23-16(15-9-10-25-11(15)2)21-22-18(23)26-12(3)17(24)20-14-7-5-13(19)6-8-14/h5-10,12H,4H2,1-3H3,(H,20,24)/t12-/m1/s1. The van der Waals surface area contributed by atoms with Crippen molar-refractivity contribution in [3.05, 3.63) is 48.2 Å². The average molecular weight is 374 g/mol. The van der Waals surface area contributed by atoms with Crippen molar-refractivity contribution in [1.82, 2.24) is 14.8 Å². The molecule has 0 radical (unpaired) electrons. The molecule has 3 rings (SSSR count). The van der Waals surface area contributed by atoms with E-state index in [0.29, 0.717) is 23.2 Å². The van der Waals surface area contributed by atoms with Crippen molar-refractivity contribution >= 4 is 23.4 Å². The number of hydrogen-bond donors (Lipinski definition) is 1. The van der Waals surface area contributed by atoms with Crippen LogP contribution in [-0.4, -0.2) is 25.9 Å². The molecule has 0 aliphatic carbocycles. The van der Waals surface area contributed by atoms with Gasteiger partial charge in [-0.1, -0.05) is 11.8 Å². The second-order valence-electron chi connectivity index (χ2n) is 5.70. The topological polar surface area (TPSA) is 73.0 Å². The first-order valence-corrected chi connectivity index (χ1v) is 9.08. The van der Waals surface area contributed by atoms with Gasteiger partial charge in [0.25, 0.3) is 0 Å². The summed E-state index contributed by atoms with van der Waals surface area (Å²) in [5, 5.41) is 11.5. The van der Waals surface area contributed by atoms with Gasteiger partial charge in [-0.2, -0.15) is 0 Å². The number of rotatable bonds is 6. The van der Waals surface area contributed by atoms with Crippen molar-refractivity contribution < 1.29 is 13.6 Å². The number of benzene rings is 1. The fourth-order valence-electron chi connectivity index (χ4n) is 2.47. The van der Waals surface area contributed by atoms with Crippen LogP contribution in [0, 0.1) is 12.7 Å². The predicted octanol–water partition coefficient (Wildman–Crippen LogP) is 4.12. The summed E-state index contributed by atoms with van der Waals surface area (Å²) >= 11 is 1.32.